The summed E-state index contributed by atoms with van der Waals surface area (Å²) >= 11 is 0. The van der Waals surface area contributed by atoms with Gasteiger partial charge >= 0.3 is 0 Å². The first-order valence-electron chi connectivity index (χ1n) is 6.80. The Labute approximate surface area is 103 Å². The first kappa shape index (κ1) is 11.1. The van der Waals surface area contributed by atoms with Crippen molar-refractivity contribution >= 4 is 0 Å². The van der Waals surface area contributed by atoms with Crippen LogP contribution < -0.4 is 10.1 Å². The van der Waals surface area contributed by atoms with Gasteiger partial charge in [0.25, 0.3) is 0 Å². The molecule has 1 aromatic rings. The number of hydrogen-bond donors (Lipinski definition) is 1. The molecule has 2 heteroatoms. The van der Waals surface area contributed by atoms with E-state index in [1.54, 1.807) is 0 Å². The molecule has 1 aromatic carbocycles. The molecule has 2 unspecified atom stereocenters. The molecule has 3 rings (SSSR count). The maximum atomic E-state index is 5.82. The van der Waals surface area contributed by atoms with Gasteiger partial charge in [0.05, 0.1) is 0 Å². The minimum absolute atomic E-state index is 0.358. The second-order valence-electron chi connectivity index (χ2n) is 5.49. The summed E-state index contributed by atoms with van der Waals surface area (Å²) in [6, 6.07) is 6.80. The van der Waals surface area contributed by atoms with E-state index in [1.165, 1.54) is 43.5 Å². The molecule has 0 aromatic heterocycles. The second kappa shape index (κ2) is 4.69. The maximum absolute atomic E-state index is 5.82. The molecular weight excluding hydrogens is 210 g/mol. The van der Waals surface area contributed by atoms with Gasteiger partial charge in [0.15, 0.2) is 0 Å². The minimum atomic E-state index is 0.358. The Hall–Kier alpha value is -1.02. The fraction of sp³-hybridized carbons (Fsp3) is 0.600. The molecule has 0 spiro atoms. The number of fused-ring (bicyclic) bond motifs is 1. The van der Waals surface area contributed by atoms with Crippen LogP contribution in [0.1, 0.15) is 30.9 Å². The zero-order chi connectivity index (χ0) is 11.7. The van der Waals surface area contributed by atoms with Crippen molar-refractivity contribution in [2.45, 2.75) is 38.7 Å². The molecule has 2 aliphatic rings. The van der Waals surface area contributed by atoms with Gasteiger partial charge in [0.2, 0.25) is 0 Å². The van der Waals surface area contributed by atoms with Gasteiger partial charge in [-0.3, -0.25) is 0 Å². The SMILES string of the molecule is CC1Cc2ccc(CC3CCCNC3)cc2O1. The quantitative estimate of drug-likeness (QED) is 0.844. The number of hydrogen-bond acceptors (Lipinski definition) is 2. The first-order chi connectivity index (χ1) is 8.31. The summed E-state index contributed by atoms with van der Waals surface area (Å²) in [4.78, 5) is 0. The summed E-state index contributed by atoms with van der Waals surface area (Å²) in [6.45, 7) is 4.51. The Balaban J connectivity index is 1.69. The third-order valence-corrected chi connectivity index (χ3v) is 3.89. The predicted octanol–water partition coefficient (Wildman–Crippen LogP) is 2.55. The van der Waals surface area contributed by atoms with Crippen molar-refractivity contribution in [3.8, 4) is 5.75 Å². The standard InChI is InChI=1S/C15H21NO/c1-11-7-14-5-4-12(9-15(14)17-11)8-13-3-2-6-16-10-13/h4-5,9,11,13,16H,2-3,6-8,10H2,1H3. The Kier molecular flexibility index (Phi) is 3.06. The smallest absolute Gasteiger partial charge is 0.123 e. The van der Waals surface area contributed by atoms with Crippen LogP contribution in [-0.2, 0) is 12.8 Å². The lowest BCUT2D eigenvalue weighted by atomic mass is 9.92. The molecule has 1 N–H and O–H groups in total. The summed E-state index contributed by atoms with van der Waals surface area (Å²) in [5.41, 5.74) is 2.81. The molecule has 2 aliphatic heterocycles. The van der Waals surface area contributed by atoms with E-state index in [1.807, 2.05) is 0 Å². The van der Waals surface area contributed by atoms with Crippen LogP contribution in [0.3, 0.4) is 0 Å². The van der Waals surface area contributed by atoms with E-state index in [2.05, 4.69) is 30.4 Å². The average Bonchev–Trinajstić information content (AvgIpc) is 2.70. The van der Waals surface area contributed by atoms with Crippen molar-refractivity contribution in [2.24, 2.45) is 5.92 Å². The van der Waals surface area contributed by atoms with Gasteiger partial charge in [-0.15, -0.1) is 0 Å². The van der Waals surface area contributed by atoms with Gasteiger partial charge in [-0.25, -0.2) is 0 Å². The molecular formula is C15H21NO. The molecule has 17 heavy (non-hydrogen) atoms. The third-order valence-electron chi connectivity index (χ3n) is 3.89. The molecule has 2 heterocycles. The average molecular weight is 231 g/mol. The van der Waals surface area contributed by atoms with Crippen LogP contribution in [0.15, 0.2) is 18.2 Å². The van der Waals surface area contributed by atoms with E-state index in [0.29, 0.717) is 6.10 Å². The minimum Gasteiger partial charge on any atom is -0.490 e. The van der Waals surface area contributed by atoms with E-state index >= 15 is 0 Å². The van der Waals surface area contributed by atoms with Crippen molar-refractivity contribution in [2.75, 3.05) is 13.1 Å². The van der Waals surface area contributed by atoms with Crippen LogP contribution in [0, 0.1) is 5.92 Å². The maximum Gasteiger partial charge on any atom is 0.123 e. The monoisotopic (exact) mass is 231 g/mol. The Morgan fingerprint density at radius 1 is 1.41 bits per heavy atom. The van der Waals surface area contributed by atoms with Crippen LogP contribution in [-0.4, -0.2) is 19.2 Å². The zero-order valence-corrected chi connectivity index (χ0v) is 10.5. The van der Waals surface area contributed by atoms with Crippen LogP contribution >= 0.6 is 0 Å². The van der Waals surface area contributed by atoms with E-state index in [0.717, 1.165) is 18.1 Å². The molecule has 2 atom stereocenters. The predicted molar refractivity (Wildman–Crippen MR) is 69.5 cm³/mol. The van der Waals surface area contributed by atoms with E-state index in [-0.39, 0.29) is 0 Å². The van der Waals surface area contributed by atoms with Crippen molar-refractivity contribution in [1.29, 1.82) is 0 Å². The number of rotatable bonds is 2. The first-order valence-corrected chi connectivity index (χ1v) is 6.80. The number of ether oxygens (including phenoxy) is 1. The topological polar surface area (TPSA) is 21.3 Å². The van der Waals surface area contributed by atoms with Crippen molar-refractivity contribution in [1.82, 2.24) is 5.32 Å². The Morgan fingerprint density at radius 3 is 3.18 bits per heavy atom. The van der Waals surface area contributed by atoms with E-state index in [9.17, 15) is 0 Å². The molecule has 0 aliphatic carbocycles. The van der Waals surface area contributed by atoms with Crippen LogP contribution in [0.2, 0.25) is 0 Å². The van der Waals surface area contributed by atoms with E-state index in [4.69, 9.17) is 4.74 Å². The third kappa shape index (κ3) is 2.47. The Bertz CT molecular complexity index is 396. The molecule has 0 bridgehead atoms. The Morgan fingerprint density at radius 2 is 2.35 bits per heavy atom. The highest BCUT2D eigenvalue weighted by molar-refractivity contribution is 5.41. The number of benzene rings is 1. The highest BCUT2D eigenvalue weighted by Crippen LogP contribution is 2.30. The molecule has 92 valence electrons. The van der Waals surface area contributed by atoms with Gasteiger partial charge in [0.1, 0.15) is 11.9 Å². The summed E-state index contributed by atoms with van der Waals surface area (Å²) in [7, 11) is 0. The molecule has 0 radical (unpaired) electrons. The van der Waals surface area contributed by atoms with Crippen LogP contribution in [0.5, 0.6) is 5.75 Å². The second-order valence-corrected chi connectivity index (χ2v) is 5.49. The fourth-order valence-corrected chi connectivity index (χ4v) is 3.00. The van der Waals surface area contributed by atoms with Crippen LogP contribution in [0.25, 0.3) is 0 Å². The number of nitrogens with one attached hydrogen (secondary N) is 1. The zero-order valence-electron chi connectivity index (χ0n) is 10.5. The van der Waals surface area contributed by atoms with Crippen molar-refractivity contribution in [3.05, 3.63) is 29.3 Å². The van der Waals surface area contributed by atoms with Gasteiger partial charge in [-0.2, -0.15) is 0 Å². The molecule has 1 fully saturated rings. The molecule has 1 saturated heterocycles. The lowest BCUT2D eigenvalue weighted by Crippen LogP contribution is -2.30. The van der Waals surface area contributed by atoms with Crippen LogP contribution in [0.4, 0.5) is 0 Å². The number of piperidine rings is 1. The normalized spacial score (nSPS) is 27.6. The lowest BCUT2D eigenvalue weighted by molar-refractivity contribution is 0.254. The van der Waals surface area contributed by atoms with Gasteiger partial charge in [-0.05, 0) is 62.4 Å². The summed E-state index contributed by atoms with van der Waals surface area (Å²) in [6.07, 6.45) is 5.31. The van der Waals surface area contributed by atoms with Gasteiger partial charge < -0.3 is 10.1 Å². The summed E-state index contributed by atoms with van der Waals surface area (Å²) in [5, 5.41) is 3.48. The molecule has 2 nitrogen and oxygen atoms in total. The summed E-state index contributed by atoms with van der Waals surface area (Å²) < 4.78 is 5.82. The fourth-order valence-electron chi connectivity index (χ4n) is 3.00. The molecule has 0 amide bonds. The van der Waals surface area contributed by atoms with Crippen molar-refractivity contribution < 1.29 is 4.74 Å². The summed E-state index contributed by atoms with van der Waals surface area (Å²) in [5.74, 6) is 1.93. The van der Waals surface area contributed by atoms with E-state index < -0.39 is 0 Å². The largest absolute Gasteiger partial charge is 0.490 e. The van der Waals surface area contributed by atoms with Crippen molar-refractivity contribution in [3.63, 3.8) is 0 Å². The van der Waals surface area contributed by atoms with Gasteiger partial charge in [0, 0.05) is 6.42 Å². The highest BCUT2D eigenvalue weighted by atomic mass is 16.5. The molecule has 0 saturated carbocycles. The highest BCUT2D eigenvalue weighted by Gasteiger charge is 2.20. The van der Waals surface area contributed by atoms with Gasteiger partial charge in [-0.1, -0.05) is 12.1 Å². The lowest BCUT2D eigenvalue weighted by Gasteiger charge is -2.22.